The van der Waals surface area contributed by atoms with E-state index in [0.717, 1.165) is 11.1 Å². The molecule has 0 bridgehead atoms. The highest BCUT2D eigenvalue weighted by Crippen LogP contribution is 2.13. The van der Waals surface area contributed by atoms with Gasteiger partial charge in [-0.2, -0.15) is 3.89 Å². The van der Waals surface area contributed by atoms with Gasteiger partial charge >= 0.3 is 0 Å². The summed E-state index contributed by atoms with van der Waals surface area (Å²) in [6.45, 7) is 0. The van der Waals surface area contributed by atoms with Crippen molar-refractivity contribution in [2.45, 2.75) is 5.75 Å². The van der Waals surface area contributed by atoms with Crippen LogP contribution in [0.2, 0.25) is 0 Å². The van der Waals surface area contributed by atoms with Crippen molar-refractivity contribution >= 4 is 18.0 Å². The third-order valence-electron chi connectivity index (χ3n) is 1.71. The number of hydrogen-bond acceptors (Lipinski definition) is 2. The number of nitrogens with zero attached hydrogens (tertiary/aromatic N) is 1. The second kappa shape index (κ2) is 4.87. The van der Waals surface area contributed by atoms with Crippen LogP contribution in [0.15, 0.2) is 29.3 Å². The molecule has 0 fully saturated rings. The van der Waals surface area contributed by atoms with Crippen molar-refractivity contribution < 1.29 is 3.89 Å². The van der Waals surface area contributed by atoms with E-state index in [0.29, 0.717) is 23.7 Å². The van der Waals surface area contributed by atoms with E-state index in [1.54, 1.807) is 7.05 Å². The Labute approximate surface area is 81.3 Å². The first-order valence-corrected chi connectivity index (χ1v) is 4.71. The summed E-state index contributed by atoms with van der Waals surface area (Å²) >= 11 is 0.313. The van der Waals surface area contributed by atoms with E-state index in [4.69, 9.17) is 5.73 Å². The lowest BCUT2D eigenvalue weighted by Gasteiger charge is -2.00. The maximum absolute atomic E-state index is 11.9. The molecule has 1 rings (SSSR count). The first-order valence-electron chi connectivity index (χ1n) is 3.83. The molecule has 0 heterocycles. The fourth-order valence-corrected chi connectivity index (χ4v) is 1.28. The predicted molar refractivity (Wildman–Crippen MR) is 55.5 cm³/mol. The van der Waals surface area contributed by atoms with Gasteiger partial charge in [0.2, 0.25) is 0 Å². The Morgan fingerprint density at radius 2 is 2.08 bits per heavy atom. The molecule has 70 valence electrons. The molecule has 0 unspecified atom stereocenters. The number of aliphatic imine (C=N–C) groups is 1. The first-order chi connectivity index (χ1) is 6.27. The van der Waals surface area contributed by atoms with Gasteiger partial charge in [-0.3, -0.25) is 4.99 Å². The Balaban J connectivity index is 2.81. The first kappa shape index (κ1) is 10.1. The lowest BCUT2D eigenvalue weighted by molar-refractivity contribution is 0.933. The van der Waals surface area contributed by atoms with Crippen molar-refractivity contribution in [1.29, 1.82) is 0 Å². The molecule has 13 heavy (non-hydrogen) atoms. The van der Waals surface area contributed by atoms with E-state index in [1.807, 2.05) is 24.3 Å². The third kappa shape index (κ3) is 2.73. The van der Waals surface area contributed by atoms with Crippen LogP contribution in [-0.2, 0) is 5.75 Å². The maximum Gasteiger partial charge on any atom is 0.125 e. The minimum atomic E-state index is 0.313. The second-order valence-electron chi connectivity index (χ2n) is 2.56. The fourth-order valence-electron chi connectivity index (χ4n) is 0.964. The molecule has 0 aliphatic heterocycles. The van der Waals surface area contributed by atoms with Gasteiger partial charge in [-0.1, -0.05) is 24.3 Å². The Kier molecular flexibility index (Phi) is 3.76. The zero-order valence-electron chi connectivity index (χ0n) is 7.33. The molecule has 0 aromatic heterocycles. The summed E-state index contributed by atoms with van der Waals surface area (Å²) in [5, 5.41) is 0. The average molecular weight is 198 g/mol. The smallest absolute Gasteiger partial charge is 0.125 e. The minimum absolute atomic E-state index is 0.313. The number of hydrogen-bond donors (Lipinski definition) is 1. The molecule has 0 saturated carbocycles. The van der Waals surface area contributed by atoms with E-state index >= 15 is 0 Å². The van der Waals surface area contributed by atoms with Gasteiger partial charge in [0, 0.05) is 24.8 Å². The molecule has 2 N–H and O–H groups in total. The Hall–Kier alpha value is -1.03. The quantitative estimate of drug-likeness (QED) is 0.597. The van der Waals surface area contributed by atoms with Crippen molar-refractivity contribution in [2.24, 2.45) is 10.7 Å². The van der Waals surface area contributed by atoms with Gasteiger partial charge in [-0.15, -0.1) is 0 Å². The van der Waals surface area contributed by atoms with Gasteiger partial charge < -0.3 is 5.73 Å². The van der Waals surface area contributed by atoms with E-state index in [9.17, 15) is 3.89 Å². The number of rotatable bonds is 3. The van der Waals surface area contributed by atoms with E-state index in [2.05, 4.69) is 4.99 Å². The van der Waals surface area contributed by atoms with E-state index in [1.165, 1.54) is 0 Å². The number of benzene rings is 1. The number of nitrogens with two attached hydrogens (primary N) is 1. The topological polar surface area (TPSA) is 38.4 Å². The standard InChI is InChI=1S/C9H11FN2S/c1-12-9(11)8-4-2-7(3-5-8)6-13-10/h2-5H,6H2,1H3,(H2,11,12). The molecule has 4 heteroatoms. The van der Waals surface area contributed by atoms with Crippen molar-refractivity contribution in [3.05, 3.63) is 35.4 Å². The molecule has 1 aromatic carbocycles. The van der Waals surface area contributed by atoms with Crippen molar-refractivity contribution in [1.82, 2.24) is 0 Å². The van der Waals surface area contributed by atoms with Gasteiger partial charge in [0.05, 0.1) is 5.75 Å². The average Bonchev–Trinajstić information content (AvgIpc) is 2.18. The molecule has 0 atom stereocenters. The minimum Gasteiger partial charge on any atom is -0.384 e. The lowest BCUT2D eigenvalue weighted by Crippen LogP contribution is -2.12. The van der Waals surface area contributed by atoms with Crippen LogP contribution in [0, 0.1) is 0 Å². The summed E-state index contributed by atoms with van der Waals surface area (Å²) in [6.07, 6.45) is 0. The zero-order chi connectivity index (χ0) is 9.68. The molecule has 0 radical (unpaired) electrons. The number of amidine groups is 1. The Morgan fingerprint density at radius 3 is 2.54 bits per heavy atom. The summed E-state index contributed by atoms with van der Waals surface area (Å²) in [6, 6.07) is 7.38. The lowest BCUT2D eigenvalue weighted by atomic mass is 10.1. The summed E-state index contributed by atoms with van der Waals surface area (Å²) in [4.78, 5) is 3.85. The van der Waals surface area contributed by atoms with E-state index < -0.39 is 0 Å². The van der Waals surface area contributed by atoms with Crippen molar-refractivity contribution in [3.63, 3.8) is 0 Å². The van der Waals surface area contributed by atoms with Crippen LogP contribution in [-0.4, -0.2) is 12.9 Å². The molecule has 0 amide bonds. The highest BCUT2D eigenvalue weighted by molar-refractivity contribution is 7.93. The van der Waals surface area contributed by atoms with Gasteiger partial charge in [-0.25, -0.2) is 0 Å². The van der Waals surface area contributed by atoms with Gasteiger partial charge in [-0.05, 0) is 5.56 Å². The molecule has 2 nitrogen and oxygen atoms in total. The largest absolute Gasteiger partial charge is 0.384 e. The predicted octanol–water partition coefficient (Wildman–Crippen LogP) is 2.14. The summed E-state index contributed by atoms with van der Waals surface area (Å²) in [7, 11) is 1.64. The summed E-state index contributed by atoms with van der Waals surface area (Å²) in [5.41, 5.74) is 7.40. The monoisotopic (exact) mass is 198 g/mol. The van der Waals surface area contributed by atoms with Crippen LogP contribution in [0.4, 0.5) is 3.89 Å². The van der Waals surface area contributed by atoms with Crippen LogP contribution in [0.25, 0.3) is 0 Å². The third-order valence-corrected chi connectivity index (χ3v) is 2.15. The highest BCUT2D eigenvalue weighted by atomic mass is 32.2. The van der Waals surface area contributed by atoms with Gasteiger partial charge in [0.15, 0.2) is 0 Å². The van der Waals surface area contributed by atoms with Crippen LogP contribution >= 0.6 is 12.1 Å². The number of halogens is 1. The molecule has 0 saturated heterocycles. The van der Waals surface area contributed by atoms with Crippen LogP contribution in [0.1, 0.15) is 11.1 Å². The zero-order valence-corrected chi connectivity index (χ0v) is 8.14. The molecule has 0 aliphatic rings. The highest BCUT2D eigenvalue weighted by Gasteiger charge is 1.97. The van der Waals surface area contributed by atoms with Crippen LogP contribution in [0.3, 0.4) is 0 Å². The summed E-state index contributed by atoms with van der Waals surface area (Å²) < 4.78 is 11.9. The molecular weight excluding hydrogens is 187 g/mol. The SMILES string of the molecule is CN=C(N)c1ccc(CSF)cc1. The van der Waals surface area contributed by atoms with E-state index in [-0.39, 0.29) is 0 Å². The molecule has 1 aromatic rings. The second-order valence-corrected chi connectivity index (χ2v) is 3.07. The fraction of sp³-hybridized carbons (Fsp3) is 0.222. The Bertz CT molecular complexity index is 295. The van der Waals surface area contributed by atoms with Gasteiger partial charge in [0.1, 0.15) is 5.84 Å². The maximum atomic E-state index is 11.9. The van der Waals surface area contributed by atoms with Crippen molar-refractivity contribution in [2.75, 3.05) is 7.05 Å². The molecule has 0 spiro atoms. The van der Waals surface area contributed by atoms with Crippen molar-refractivity contribution in [3.8, 4) is 0 Å². The van der Waals surface area contributed by atoms with Gasteiger partial charge in [0.25, 0.3) is 0 Å². The molecular formula is C9H11FN2S. The molecule has 0 aliphatic carbocycles. The Morgan fingerprint density at radius 1 is 1.46 bits per heavy atom. The van der Waals surface area contributed by atoms with Crippen LogP contribution in [0.5, 0.6) is 0 Å². The normalized spacial score (nSPS) is 11.7. The summed E-state index contributed by atoms with van der Waals surface area (Å²) in [5.74, 6) is 0.878. The van der Waals surface area contributed by atoms with Crippen LogP contribution < -0.4 is 5.73 Å².